The van der Waals surface area contributed by atoms with Crippen LogP contribution in [0.4, 0.5) is 0 Å². The standard InChI is InChI=1S/C19H26N4O2/c1-13-14(2)24-18(23-13)12-22-19(20-3)21-11-15-7-4-5-10-17(15)25-16-8-6-9-16/h4-5,7,10,16H,6,8-9,11-12H2,1-3H3,(H2,20,21,22). The Morgan fingerprint density at radius 1 is 1.24 bits per heavy atom. The molecule has 3 rings (SSSR count). The number of hydrogen-bond donors (Lipinski definition) is 2. The van der Waals surface area contributed by atoms with Crippen LogP contribution in [-0.2, 0) is 13.1 Å². The van der Waals surface area contributed by atoms with Gasteiger partial charge in [0.2, 0.25) is 5.89 Å². The minimum atomic E-state index is 0.370. The van der Waals surface area contributed by atoms with E-state index < -0.39 is 0 Å². The summed E-state index contributed by atoms with van der Waals surface area (Å²) >= 11 is 0. The topological polar surface area (TPSA) is 71.7 Å². The highest BCUT2D eigenvalue weighted by Crippen LogP contribution is 2.27. The van der Waals surface area contributed by atoms with E-state index in [4.69, 9.17) is 9.15 Å². The molecule has 0 atom stereocenters. The molecule has 1 heterocycles. The minimum Gasteiger partial charge on any atom is -0.490 e. The van der Waals surface area contributed by atoms with Crippen molar-refractivity contribution in [3.05, 3.63) is 47.2 Å². The number of nitrogens with zero attached hydrogens (tertiary/aromatic N) is 2. The van der Waals surface area contributed by atoms with Gasteiger partial charge in [0.15, 0.2) is 5.96 Å². The lowest BCUT2D eigenvalue weighted by Gasteiger charge is -2.27. The fourth-order valence-electron chi connectivity index (χ4n) is 2.61. The van der Waals surface area contributed by atoms with Gasteiger partial charge in [0.25, 0.3) is 0 Å². The molecule has 0 saturated heterocycles. The fraction of sp³-hybridized carbons (Fsp3) is 0.474. The first-order valence-electron chi connectivity index (χ1n) is 8.77. The Labute approximate surface area is 148 Å². The molecule has 134 valence electrons. The molecule has 1 aliphatic rings. The number of ether oxygens (including phenoxy) is 1. The van der Waals surface area contributed by atoms with Crippen LogP contribution in [0.3, 0.4) is 0 Å². The Morgan fingerprint density at radius 2 is 2.00 bits per heavy atom. The van der Waals surface area contributed by atoms with Gasteiger partial charge in [-0.05, 0) is 39.2 Å². The Hall–Kier alpha value is -2.50. The van der Waals surface area contributed by atoms with E-state index in [1.807, 2.05) is 32.0 Å². The van der Waals surface area contributed by atoms with Crippen molar-refractivity contribution in [3.8, 4) is 5.75 Å². The van der Waals surface area contributed by atoms with Gasteiger partial charge in [-0.1, -0.05) is 18.2 Å². The van der Waals surface area contributed by atoms with Crippen molar-refractivity contribution >= 4 is 5.96 Å². The molecule has 6 nitrogen and oxygen atoms in total. The number of benzene rings is 1. The second kappa shape index (κ2) is 8.05. The monoisotopic (exact) mass is 342 g/mol. The Balaban J connectivity index is 1.54. The predicted octanol–water partition coefficient (Wildman–Crippen LogP) is 3.09. The maximum Gasteiger partial charge on any atom is 0.214 e. The summed E-state index contributed by atoms with van der Waals surface area (Å²) in [7, 11) is 1.75. The molecule has 2 N–H and O–H groups in total. The SMILES string of the molecule is CN=C(NCc1nc(C)c(C)o1)NCc1ccccc1OC1CCC1. The average molecular weight is 342 g/mol. The van der Waals surface area contributed by atoms with Crippen molar-refractivity contribution in [3.63, 3.8) is 0 Å². The smallest absolute Gasteiger partial charge is 0.214 e. The first-order chi connectivity index (χ1) is 12.2. The van der Waals surface area contributed by atoms with Gasteiger partial charge in [0.05, 0.1) is 18.3 Å². The lowest BCUT2D eigenvalue weighted by atomic mass is 9.96. The maximum atomic E-state index is 6.07. The van der Waals surface area contributed by atoms with Crippen LogP contribution in [0.15, 0.2) is 33.7 Å². The van der Waals surface area contributed by atoms with Gasteiger partial charge in [-0.15, -0.1) is 0 Å². The summed E-state index contributed by atoms with van der Waals surface area (Å²) in [5, 5.41) is 6.54. The van der Waals surface area contributed by atoms with E-state index in [0.29, 0.717) is 31.0 Å². The highest BCUT2D eigenvalue weighted by atomic mass is 16.5. The van der Waals surface area contributed by atoms with Gasteiger partial charge in [-0.25, -0.2) is 4.98 Å². The molecule has 1 saturated carbocycles. The van der Waals surface area contributed by atoms with Gasteiger partial charge in [-0.2, -0.15) is 0 Å². The third-order valence-electron chi connectivity index (χ3n) is 4.47. The normalized spacial score (nSPS) is 14.9. The number of aliphatic imine (C=N–C) groups is 1. The van der Waals surface area contributed by atoms with Gasteiger partial charge in [0, 0.05) is 19.2 Å². The highest BCUT2D eigenvalue weighted by molar-refractivity contribution is 5.79. The van der Waals surface area contributed by atoms with Crippen LogP contribution in [0.1, 0.15) is 42.2 Å². The van der Waals surface area contributed by atoms with Gasteiger partial charge >= 0.3 is 0 Å². The molecular weight excluding hydrogens is 316 g/mol. The number of aryl methyl sites for hydroxylation is 2. The molecule has 1 aromatic heterocycles. The van der Waals surface area contributed by atoms with Crippen LogP contribution in [0.5, 0.6) is 5.75 Å². The molecule has 1 aliphatic carbocycles. The first kappa shape index (κ1) is 17.3. The van der Waals surface area contributed by atoms with Gasteiger partial charge < -0.3 is 19.8 Å². The van der Waals surface area contributed by atoms with Gasteiger partial charge in [-0.3, -0.25) is 4.99 Å². The molecule has 2 aromatic rings. The van der Waals surface area contributed by atoms with E-state index in [2.05, 4.69) is 26.7 Å². The number of oxazole rings is 1. The molecule has 6 heteroatoms. The number of aromatic nitrogens is 1. The molecule has 0 bridgehead atoms. The molecule has 0 radical (unpaired) electrons. The zero-order valence-electron chi connectivity index (χ0n) is 15.1. The van der Waals surface area contributed by atoms with Gasteiger partial charge in [0.1, 0.15) is 11.5 Å². The Morgan fingerprint density at radius 3 is 2.64 bits per heavy atom. The predicted molar refractivity (Wildman–Crippen MR) is 97.7 cm³/mol. The second-order valence-electron chi connectivity index (χ2n) is 6.31. The summed E-state index contributed by atoms with van der Waals surface area (Å²) in [6.45, 7) is 4.99. The molecule has 0 aliphatic heterocycles. The van der Waals surface area contributed by atoms with E-state index >= 15 is 0 Å². The zero-order chi connectivity index (χ0) is 17.6. The van der Waals surface area contributed by atoms with E-state index in [-0.39, 0.29) is 0 Å². The largest absolute Gasteiger partial charge is 0.490 e. The van der Waals surface area contributed by atoms with Crippen LogP contribution < -0.4 is 15.4 Å². The Kier molecular flexibility index (Phi) is 5.58. The summed E-state index contributed by atoms with van der Waals surface area (Å²) < 4.78 is 11.6. The van der Waals surface area contributed by atoms with E-state index in [0.717, 1.165) is 35.6 Å². The van der Waals surface area contributed by atoms with E-state index in [9.17, 15) is 0 Å². The molecule has 1 fully saturated rings. The third kappa shape index (κ3) is 4.53. The van der Waals surface area contributed by atoms with Crippen molar-refractivity contribution in [2.75, 3.05) is 7.05 Å². The quantitative estimate of drug-likeness (QED) is 0.623. The number of hydrogen-bond acceptors (Lipinski definition) is 4. The molecule has 1 aromatic carbocycles. The Bertz CT molecular complexity index is 715. The summed E-state index contributed by atoms with van der Waals surface area (Å²) in [6, 6.07) is 8.15. The number of rotatable bonds is 6. The summed E-state index contributed by atoms with van der Waals surface area (Å²) in [6.07, 6.45) is 3.94. The highest BCUT2D eigenvalue weighted by Gasteiger charge is 2.20. The molecular formula is C19H26N4O2. The summed E-state index contributed by atoms with van der Waals surface area (Å²) in [5.74, 6) is 3.16. The zero-order valence-corrected chi connectivity index (χ0v) is 15.1. The van der Waals surface area contributed by atoms with Crippen molar-refractivity contribution in [2.24, 2.45) is 4.99 Å². The number of guanidine groups is 1. The first-order valence-corrected chi connectivity index (χ1v) is 8.77. The summed E-state index contributed by atoms with van der Waals surface area (Å²) in [5.41, 5.74) is 2.04. The lowest BCUT2D eigenvalue weighted by Crippen LogP contribution is -2.36. The van der Waals surface area contributed by atoms with Crippen molar-refractivity contribution in [1.29, 1.82) is 0 Å². The van der Waals surface area contributed by atoms with E-state index in [1.54, 1.807) is 7.05 Å². The fourth-order valence-corrected chi connectivity index (χ4v) is 2.61. The lowest BCUT2D eigenvalue weighted by molar-refractivity contribution is 0.119. The molecule has 25 heavy (non-hydrogen) atoms. The second-order valence-corrected chi connectivity index (χ2v) is 6.31. The molecule has 0 spiro atoms. The maximum absolute atomic E-state index is 6.07. The van der Waals surface area contributed by atoms with Crippen molar-refractivity contribution in [1.82, 2.24) is 15.6 Å². The third-order valence-corrected chi connectivity index (χ3v) is 4.47. The molecule has 0 amide bonds. The van der Waals surface area contributed by atoms with Crippen molar-refractivity contribution < 1.29 is 9.15 Å². The van der Waals surface area contributed by atoms with Crippen LogP contribution in [-0.4, -0.2) is 24.1 Å². The molecule has 0 unspecified atom stereocenters. The van der Waals surface area contributed by atoms with Crippen LogP contribution in [0.2, 0.25) is 0 Å². The van der Waals surface area contributed by atoms with Crippen LogP contribution in [0, 0.1) is 13.8 Å². The minimum absolute atomic E-state index is 0.370. The average Bonchev–Trinajstić information content (AvgIpc) is 2.90. The van der Waals surface area contributed by atoms with Crippen LogP contribution >= 0.6 is 0 Å². The summed E-state index contributed by atoms with van der Waals surface area (Å²) in [4.78, 5) is 8.61. The number of nitrogens with one attached hydrogen (secondary N) is 2. The van der Waals surface area contributed by atoms with Crippen LogP contribution in [0.25, 0.3) is 0 Å². The van der Waals surface area contributed by atoms with E-state index in [1.165, 1.54) is 6.42 Å². The van der Waals surface area contributed by atoms with Crippen molar-refractivity contribution in [2.45, 2.75) is 52.3 Å². The number of para-hydroxylation sites is 1.